The zero-order chi connectivity index (χ0) is 25.3. The van der Waals surface area contributed by atoms with Crippen LogP contribution in [-0.4, -0.2) is 29.4 Å². The summed E-state index contributed by atoms with van der Waals surface area (Å²) in [7, 11) is 0. The van der Waals surface area contributed by atoms with Crippen molar-refractivity contribution in [2.75, 3.05) is 5.43 Å². The fourth-order valence-electron chi connectivity index (χ4n) is 3.46. The van der Waals surface area contributed by atoms with Crippen LogP contribution in [0.2, 0.25) is 10.0 Å². The molecule has 2 aromatic carbocycles. The standard InChI is InChI=1S/C21H19Cl2F6N3O2/c1-2-11-3-4-12(5-16(11)30-31-18(33)10-20(24,25)26)17-9-19(34-32-17,21(27,28)29)13-6-14(22)8-15(23)7-13/h3-8,18,30-31,33H,2,9-10H2,1H3. The van der Waals surface area contributed by atoms with Crippen molar-refractivity contribution in [2.24, 2.45) is 5.16 Å². The number of halogens is 8. The lowest BCUT2D eigenvalue weighted by Crippen LogP contribution is -2.42. The van der Waals surface area contributed by atoms with Crippen LogP contribution in [0.3, 0.4) is 0 Å². The van der Waals surface area contributed by atoms with E-state index < -0.39 is 37.0 Å². The van der Waals surface area contributed by atoms with Crippen molar-refractivity contribution in [2.45, 2.75) is 50.4 Å². The first kappa shape index (κ1) is 26.4. The lowest BCUT2D eigenvalue weighted by Gasteiger charge is -2.29. The van der Waals surface area contributed by atoms with E-state index in [9.17, 15) is 31.4 Å². The third kappa shape index (κ3) is 5.88. The van der Waals surface area contributed by atoms with Gasteiger partial charge in [-0.2, -0.15) is 26.3 Å². The predicted octanol–water partition coefficient (Wildman–Crippen LogP) is 6.33. The fourth-order valence-corrected chi connectivity index (χ4v) is 3.98. The van der Waals surface area contributed by atoms with Gasteiger partial charge in [-0.25, -0.2) is 5.43 Å². The van der Waals surface area contributed by atoms with E-state index in [2.05, 4.69) is 16.0 Å². The maximum absolute atomic E-state index is 14.2. The molecule has 0 fully saturated rings. The Morgan fingerprint density at radius 3 is 2.29 bits per heavy atom. The smallest absolute Gasteiger partial charge is 0.377 e. The fraction of sp³-hybridized carbons (Fsp3) is 0.381. The van der Waals surface area contributed by atoms with Gasteiger partial charge in [0.15, 0.2) is 0 Å². The number of nitrogens with one attached hydrogen (secondary N) is 2. The van der Waals surface area contributed by atoms with Gasteiger partial charge in [0.05, 0.1) is 17.8 Å². The largest absolute Gasteiger partial charge is 0.435 e. The lowest BCUT2D eigenvalue weighted by molar-refractivity contribution is -0.275. The average molecular weight is 530 g/mol. The Bertz CT molecular complexity index is 1060. The molecular weight excluding hydrogens is 511 g/mol. The van der Waals surface area contributed by atoms with E-state index in [1.165, 1.54) is 18.2 Å². The Morgan fingerprint density at radius 1 is 1.09 bits per heavy atom. The van der Waals surface area contributed by atoms with Crippen LogP contribution >= 0.6 is 23.2 Å². The van der Waals surface area contributed by atoms with E-state index in [1.807, 2.05) is 0 Å². The van der Waals surface area contributed by atoms with E-state index in [0.717, 1.165) is 12.1 Å². The molecule has 0 saturated heterocycles. The van der Waals surface area contributed by atoms with Gasteiger partial charge in [0.2, 0.25) is 0 Å². The number of oxime groups is 1. The topological polar surface area (TPSA) is 65.9 Å². The normalized spacial score (nSPS) is 19.5. The summed E-state index contributed by atoms with van der Waals surface area (Å²) < 4.78 is 79.8. The average Bonchev–Trinajstić information content (AvgIpc) is 3.17. The molecule has 0 bridgehead atoms. The van der Waals surface area contributed by atoms with Crippen molar-refractivity contribution in [3.8, 4) is 0 Å². The van der Waals surface area contributed by atoms with Crippen LogP contribution in [0.15, 0.2) is 41.6 Å². The zero-order valence-electron chi connectivity index (χ0n) is 17.5. The third-order valence-corrected chi connectivity index (χ3v) is 5.57. The first-order valence-electron chi connectivity index (χ1n) is 9.92. The maximum Gasteiger partial charge on any atom is 0.435 e. The molecule has 1 aliphatic heterocycles. The number of rotatable bonds is 7. The molecule has 0 amide bonds. The number of hydrogen-bond acceptors (Lipinski definition) is 5. The molecule has 2 aromatic rings. The number of anilines is 1. The van der Waals surface area contributed by atoms with Gasteiger partial charge in [-0.3, -0.25) is 0 Å². The Hall–Kier alpha value is -2.21. The second kappa shape index (κ2) is 9.80. The molecule has 0 aromatic heterocycles. The quantitative estimate of drug-likeness (QED) is 0.223. The second-order valence-corrected chi connectivity index (χ2v) is 8.49. The Labute approximate surface area is 200 Å². The molecule has 186 valence electrons. The van der Waals surface area contributed by atoms with Crippen LogP contribution in [0.4, 0.5) is 32.0 Å². The molecule has 1 aliphatic rings. The summed E-state index contributed by atoms with van der Waals surface area (Å²) in [5.41, 5.74) is 2.58. The number of alkyl halides is 6. The van der Waals surface area contributed by atoms with Gasteiger partial charge in [-0.1, -0.05) is 47.4 Å². The molecule has 0 radical (unpaired) electrons. The molecule has 0 spiro atoms. The van der Waals surface area contributed by atoms with Crippen LogP contribution in [0.25, 0.3) is 0 Å². The molecule has 3 rings (SSSR count). The van der Waals surface area contributed by atoms with E-state index >= 15 is 0 Å². The number of aryl methyl sites for hydroxylation is 1. The SMILES string of the molecule is CCc1ccc(C2=NOC(c3cc(Cl)cc(Cl)c3)(C(F)(F)F)C2)cc1NNC(O)CC(F)(F)F. The summed E-state index contributed by atoms with van der Waals surface area (Å²) in [5.74, 6) is 0. The van der Waals surface area contributed by atoms with Crippen molar-refractivity contribution >= 4 is 34.6 Å². The highest BCUT2D eigenvalue weighted by atomic mass is 35.5. The minimum Gasteiger partial charge on any atom is -0.377 e. The Kier molecular flexibility index (Phi) is 7.61. The second-order valence-electron chi connectivity index (χ2n) is 7.62. The zero-order valence-corrected chi connectivity index (χ0v) is 19.0. The van der Waals surface area contributed by atoms with Crippen molar-refractivity contribution in [3.63, 3.8) is 0 Å². The first-order chi connectivity index (χ1) is 15.7. The van der Waals surface area contributed by atoms with Crippen molar-refractivity contribution in [1.82, 2.24) is 5.43 Å². The minimum atomic E-state index is -4.88. The molecule has 13 heteroatoms. The molecular formula is C21H19Cl2F6N3O2. The van der Waals surface area contributed by atoms with E-state index in [4.69, 9.17) is 28.0 Å². The first-order valence-corrected chi connectivity index (χ1v) is 10.7. The van der Waals surface area contributed by atoms with Crippen molar-refractivity contribution < 1.29 is 36.3 Å². The van der Waals surface area contributed by atoms with Gasteiger partial charge < -0.3 is 15.4 Å². The minimum absolute atomic E-state index is 0.00884. The number of aliphatic hydroxyl groups excluding tert-OH is 1. The van der Waals surface area contributed by atoms with E-state index in [0.29, 0.717) is 12.0 Å². The molecule has 3 N–H and O–H groups in total. The summed E-state index contributed by atoms with van der Waals surface area (Å²) in [5, 5.41) is 13.2. The number of aliphatic hydroxyl groups is 1. The number of hydrogen-bond donors (Lipinski definition) is 3. The van der Waals surface area contributed by atoms with Crippen molar-refractivity contribution in [1.29, 1.82) is 0 Å². The van der Waals surface area contributed by atoms with E-state index in [-0.39, 0.29) is 32.6 Å². The summed E-state index contributed by atoms with van der Waals surface area (Å²) in [6, 6.07) is 8.00. The van der Waals surface area contributed by atoms with E-state index in [1.54, 1.807) is 13.0 Å². The summed E-state index contributed by atoms with van der Waals surface area (Å²) in [6.07, 6.45) is -13.1. The van der Waals surface area contributed by atoms with Crippen LogP contribution < -0.4 is 10.9 Å². The molecule has 0 aliphatic carbocycles. The molecule has 1 heterocycles. The summed E-state index contributed by atoms with van der Waals surface area (Å²) in [6.45, 7) is 1.78. The molecule has 2 unspecified atom stereocenters. The van der Waals surface area contributed by atoms with Crippen LogP contribution in [0, 0.1) is 0 Å². The van der Waals surface area contributed by atoms with Crippen LogP contribution in [-0.2, 0) is 16.9 Å². The van der Waals surface area contributed by atoms with Gasteiger partial charge in [0.1, 0.15) is 6.23 Å². The third-order valence-electron chi connectivity index (χ3n) is 5.14. The highest BCUT2D eigenvalue weighted by Gasteiger charge is 2.62. The molecule has 0 saturated carbocycles. The Balaban J connectivity index is 1.88. The van der Waals surface area contributed by atoms with Gasteiger partial charge in [0.25, 0.3) is 5.60 Å². The predicted molar refractivity (Wildman–Crippen MR) is 116 cm³/mol. The summed E-state index contributed by atoms with van der Waals surface area (Å²) in [4.78, 5) is 4.96. The Morgan fingerprint density at radius 2 is 1.74 bits per heavy atom. The van der Waals surface area contributed by atoms with Crippen molar-refractivity contribution in [3.05, 3.63) is 63.1 Å². The van der Waals surface area contributed by atoms with Gasteiger partial charge in [0, 0.05) is 27.6 Å². The highest BCUT2D eigenvalue weighted by Crippen LogP contribution is 2.49. The maximum atomic E-state index is 14.2. The monoisotopic (exact) mass is 529 g/mol. The van der Waals surface area contributed by atoms with Gasteiger partial charge in [-0.15, -0.1) is 0 Å². The molecule has 2 atom stereocenters. The highest BCUT2D eigenvalue weighted by molar-refractivity contribution is 6.34. The van der Waals surface area contributed by atoms with Crippen LogP contribution in [0.1, 0.15) is 36.5 Å². The molecule has 5 nitrogen and oxygen atoms in total. The molecule has 34 heavy (non-hydrogen) atoms. The summed E-state index contributed by atoms with van der Waals surface area (Å²) >= 11 is 11.8. The number of benzene rings is 2. The van der Waals surface area contributed by atoms with Crippen LogP contribution in [0.5, 0.6) is 0 Å². The number of hydrazine groups is 1. The van der Waals surface area contributed by atoms with Gasteiger partial charge >= 0.3 is 12.4 Å². The lowest BCUT2D eigenvalue weighted by atomic mass is 9.86. The number of nitrogens with zero attached hydrogens (tertiary/aromatic N) is 1. The van der Waals surface area contributed by atoms with Gasteiger partial charge in [-0.05, 0) is 36.2 Å².